The summed E-state index contributed by atoms with van der Waals surface area (Å²) in [5.74, 6) is 1.23. The van der Waals surface area contributed by atoms with Gasteiger partial charge in [-0.2, -0.15) is 0 Å². The molecule has 0 aliphatic heterocycles. The van der Waals surface area contributed by atoms with Gasteiger partial charge in [0.25, 0.3) is 0 Å². The fraction of sp³-hybridized carbons (Fsp3) is 0.923. The monoisotopic (exact) mass is 225 g/mol. The first-order chi connectivity index (χ1) is 7.58. The van der Waals surface area contributed by atoms with Crippen LogP contribution >= 0.6 is 0 Å². The van der Waals surface area contributed by atoms with Crippen molar-refractivity contribution in [2.24, 2.45) is 22.1 Å². The van der Waals surface area contributed by atoms with Gasteiger partial charge in [0.05, 0.1) is 0 Å². The van der Waals surface area contributed by atoms with Crippen molar-refractivity contribution < 1.29 is 0 Å². The standard InChI is InChI=1S/C13H27N3/c1-4-6-13(7-5-8-13)10-16-12(14)15-9-11(2)3/h11H,4-10H2,1-3H3,(H3,14,15,16). The Morgan fingerprint density at radius 1 is 1.44 bits per heavy atom. The van der Waals surface area contributed by atoms with E-state index in [9.17, 15) is 0 Å². The van der Waals surface area contributed by atoms with Crippen molar-refractivity contribution in [3.63, 3.8) is 0 Å². The van der Waals surface area contributed by atoms with E-state index >= 15 is 0 Å². The number of guanidine groups is 1. The van der Waals surface area contributed by atoms with Gasteiger partial charge in [0.15, 0.2) is 5.96 Å². The lowest BCUT2D eigenvalue weighted by atomic mass is 9.66. The molecule has 94 valence electrons. The maximum atomic E-state index is 5.84. The largest absolute Gasteiger partial charge is 0.370 e. The molecule has 0 amide bonds. The molecule has 3 N–H and O–H groups in total. The number of hydrogen-bond acceptors (Lipinski definition) is 1. The Labute approximate surface area is 99.9 Å². The van der Waals surface area contributed by atoms with Crippen LogP contribution in [0.15, 0.2) is 4.99 Å². The predicted octanol–water partition coefficient (Wildman–Crippen LogP) is 2.52. The minimum Gasteiger partial charge on any atom is -0.370 e. The quantitative estimate of drug-likeness (QED) is 0.539. The summed E-state index contributed by atoms with van der Waals surface area (Å²) < 4.78 is 0. The number of nitrogens with two attached hydrogens (primary N) is 1. The molecule has 0 radical (unpaired) electrons. The molecule has 0 saturated heterocycles. The van der Waals surface area contributed by atoms with Crippen LogP contribution in [0, 0.1) is 11.3 Å². The number of nitrogens with one attached hydrogen (secondary N) is 1. The minimum absolute atomic E-state index is 0.485. The van der Waals surface area contributed by atoms with Gasteiger partial charge in [0.1, 0.15) is 0 Å². The molecule has 0 atom stereocenters. The lowest BCUT2D eigenvalue weighted by Gasteiger charge is -2.40. The van der Waals surface area contributed by atoms with Crippen LogP contribution in [0.2, 0.25) is 0 Å². The normalized spacial score (nSPS) is 19.6. The van der Waals surface area contributed by atoms with E-state index in [1.54, 1.807) is 0 Å². The van der Waals surface area contributed by atoms with E-state index in [1.165, 1.54) is 32.1 Å². The summed E-state index contributed by atoms with van der Waals surface area (Å²) in [5.41, 5.74) is 6.33. The van der Waals surface area contributed by atoms with Gasteiger partial charge in [0, 0.05) is 13.1 Å². The van der Waals surface area contributed by atoms with Crippen LogP contribution in [0.5, 0.6) is 0 Å². The summed E-state index contributed by atoms with van der Waals surface area (Å²) in [7, 11) is 0. The Morgan fingerprint density at radius 3 is 2.56 bits per heavy atom. The highest BCUT2D eigenvalue weighted by molar-refractivity contribution is 5.77. The van der Waals surface area contributed by atoms with Gasteiger partial charge in [-0.3, -0.25) is 4.99 Å². The minimum atomic E-state index is 0.485. The number of hydrogen-bond donors (Lipinski definition) is 2. The van der Waals surface area contributed by atoms with Crippen LogP contribution in [-0.2, 0) is 0 Å². The average Bonchev–Trinajstić information content (AvgIpc) is 2.18. The van der Waals surface area contributed by atoms with Crippen molar-refractivity contribution in [1.29, 1.82) is 0 Å². The van der Waals surface area contributed by atoms with E-state index in [1.807, 2.05) is 0 Å². The van der Waals surface area contributed by atoms with Crippen molar-refractivity contribution in [3.05, 3.63) is 0 Å². The first-order valence-electron chi connectivity index (χ1n) is 6.62. The van der Waals surface area contributed by atoms with Gasteiger partial charge in [-0.05, 0) is 30.6 Å². The molecule has 1 fully saturated rings. The van der Waals surface area contributed by atoms with Gasteiger partial charge < -0.3 is 11.1 Å². The molecule has 0 aromatic carbocycles. The number of rotatable bonds is 6. The molecular formula is C13H27N3. The number of aliphatic imine (C=N–C) groups is 1. The Balaban J connectivity index is 2.32. The topological polar surface area (TPSA) is 50.4 Å². The van der Waals surface area contributed by atoms with Crippen LogP contribution in [0.25, 0.3) is 0 Å². The third kappa shape index (κ3) is 4.03. The zero-order valence-electron chi connectivity index (χ0n) is 11.1. The molecular weight excluding hydrogens is 198 g/mol. The molecule has 0 heterocycles. The third-order valence-corrected chi connectivity index (χ3v) is 3.47. The highest BCUT2D eigenvalue weighted by Gasteiger charge is 2.35. The summed E-state index contributed by atoms with van der Waals surface area (Å²) in [6, 6.07) is 0. The van der Waals surface area contributed by atoms with Gasteiger partial charge in [-0.25, -0.2) is 0 Å². The lowest BCUT2D eigenvalue weighted by Crippen LogP contribution is -2.38. The van der Waals surface area contributed by atoms with E-state index in [2.05, 4.69) is 31.1 Å². The van der Waals surface area contributed by atoms with E-state index in [4.69, 9.17) is 5.73 Å². The highest BCUT2D eigenvalue weighted by atomic mass is 15.1. The molecule has 0 bridgehead atoms. The number of nitrogens with zero attached hydrogens (tertiary/aromatic N) is 1. The molecule has 0 aromatic heterocycles. The Kier molecular flexibility index (Phi) is 5.10. The summed E-state index contributed by atoms with van der Waals surface area (Å²) in [6.45, 7) is 8.42. The van der Waals surface area contributed by atoms with Crippen molar-refractivity contribution in [1.82, 2.24) is 5.32 Å². The van der Waals surface area contributed by atoms with E-state index in [-0.39, 0.29) is 0 Å². The molecule has 3 heteroatoms. The fourth-order valence-corrected chi connectivity index (χ4v) is 2.31. The SMILES string of the molecule is CCCC1(CN=C(N)NCC(C)C)CCC1. The second-order valence-electron chi connectivity index (χ2n) is 5.58. The molecule has 1 rings (SSSR count). The summed E-state index contributed by atoms with van der Waals surface area (Å²) in [5, 5.41) is 3.17. The first-order valence-corrected chi connectivity index (χ1v) is 6.62. The molecule has 3 nitrogen and oxygen atoms in total. The van der Waals surface area contributed by atoms with Gasteiger partial charge in [-0.15, -0.1) is 0 Å². The zero-order valence-corrected chi connectivity index (χ0v) is 11.1. The molecule has 0 spiro atoms. The van der Waals surface area contributed by atoms with Crippen LogP contribution in [0.1, 0.15) is 52.9 Å². The fourth-order valence-electron chi connectivity index (χ4n) is 2.31. The van der Waals surface area contributed by atoms with Crippen LogP contribution in [-0.4, -0.2) is 19.0 Å². The molecule has 0 unspecified atom stereocenters. The van der Waals surface area contributed by atoms with Crippen LogP contribution in [0.3, 0.4) is 0 Å². The maximum Gasteiger partial charge on any atom is 0.188 e. The smallest absolute Gasteiger partial charge is 0.188 e. The van der Waals surface area contributed by atoms with E-state index in [0.717, 1.165) is 13.1 Å². The van der Waals surface area contributed by atoms with Crippen molar-refractivity contribution in [2.45, 2.75) is 52.9 Å². The zero-order chi connectivity index (χ0) is 12.0. The molecule has 16 heavy (non-hydrogen) atoms. The highest BCUT2D eigenvalue weighted by Crippen LogP contribution is 2.44. The summed E-state index contributed by atoms with van der Waals surface area (Å²) in [4.78, 5) is 4.49. The van der Waals surface area contributed by atoms with Crippen LogP contribution < -0.4 is 11.1 Å². The van der Waals surface area contributed by atoms with Crippen molar-refractivity contribution >= 4 is 5.96 Å². The average molecular weight is 225 g/mol. The summed E-state index contributed by atoms with van der Waals surface area (Å²) >= 11 is 0. The molecule has 1 saturated carbocycles. The Bertz CT molecular complexity index is 229. The second kappa shape index (κ2) is 6.12. The maximum absolute atomic E-state index is 5.84. The van der Waals surface area contributed by atoms with Crippen LogP contribution in [0.4, 0.5) is 0 Å². The molecule has 1 aliphatic carbocycles. The van der Waals surface area contributed by atoms with Gasteiger partial charge in [-0.1, -0.05) is 33.6 Å². The Hall–Kier alpha value is -0.730. The first kappa shape index (κ1) is 13.3. The van der Waals surface area contributed by atoms with E-state index < -0.39 is 0 Å². The van der Waals surface area contributed by atoms with Crippen molar-refractivity contribution in [2.75, 3.05) is 13.1 Å². The van der Waals surface area contributed by atoms with Crippen molar-refractivity contribution in [3.8, 4) is 0 Å². The summed E-state index contributed by atoms with van der Waals surface area (Å²) in [6.07, 6.45) is 6.60. The van der Waals surface area contributed by atoms with Gasteiger partial charge in [0.2, 0.25) is 0 Å². The molecule has 0 aromatic rings. The Morgan fingerprint density at radius 2 is 2.12 bits per heavy atom. The lowest BCUT2D eigenvalue weighted by molar-refractivity contribution is 0.130. The predicted molar refractivity (Wildman–Crippen MR) is 70.5 cm³/mol. The molecule has 1 aliphatic rings. The third-order valence-electron chi connectivity index (χ3n) is 3.47. The van der Waals surface area contributed by atoms with Gasteiger partial charge >= 0.3 is 0 Å². The second-order valence-corrected chi connectivity index (χ2v) is 5.58. The van der Waals surface area contributed by atoms with E-state index in [0.29, 0.717) is 17.3 Å².